The van der Waals surface area contributed by atoms with Crippen molar-refractivity contribution < 1.29 is 52.5 Å². The molecule has 3 heterocycles. The summed E-state index contributed by atoms with van der Waals surface area (Å²) in [5.41, 5.74) is 1.28. The zero-order valence-electron chi connectivity index (χ0n) is 32.7. The normalized spacial score (nSPS) is 29.4. The molecule has 2 aromatic rings. The highest BCUT2D eigenvalue weighted by atomic mass is 19.1. The monoisotopic (exact) mass is 799 g/mol. The summed E-state index contributed by atoms with van der Waals surface area (Å²) in [7, 11) is 1.40. The predicted molar refractivity (Wildman–Crippen MR) is 201 cm³/mol. The number of ether oxygens (including phenoxy) is 1. The summed E-state index contributed by atoms with van der Waals surface area (Å²) in [6.45, 7) is 7.92. The first-order valence-electron chi connectivity index (χ1n) is 18.9. The van der Waals surface area contributed by atoms with Crippen molar-refractivity contribution in [3.8, 4) is 0 Å². The number of nitrogens with zero attached hydrogens (tertiary/aromatic N) is 3. The number of nitrogens with one attached hydrogen (secondary N) is 4. The van der Waals surface area contributed by atoms with Crippen LogP contribution in [-0.2, 0) is 35.1 Å². The molecule has 0 aliphatic carbocycles. The number of halogens is 2. The maximum absolute atomic E-state index is 14.6. The molecule has 6 N–H and O–H groups in total. The van der Waals surface area contributed by atoms with E-state index in [9.17, 15) is 47.8 Å². The number of esters is 1. The first-order valence-corrected chi connectivity index (χ1v) is 18.9. The lowest BCUT2D eigenvalue weighted by Crippen LogP contribution is -2.62. The molecule has 0 radical (unpaired) electrons. The van der Waals surface area contributed by atoms with Crippen molar-refractivity contribution in [2.75, 3.05) is 25.5 Å². The number of likely N-dealkylation sites (N-methyl/N-ethyl adjacent to an activating group) is 1. The van der Waals surface area contributed by atoms with Crippen LogP contribution < -0.4 is 21.3 Å². The fraction of sp³-hybridized carbons (Fsp3) is 0.538. The maximum atomic E-state index is 14.6. The number of cyclic esters (lactones) is 1. The van der Waals surface area contributed by atoms with Gasteiger partial charge in [0.2, 0.25) is 23.6 Å². The second-order valence-corrected chi connectivity index (χ2v) is 15.4. The van der Waals surface area contributed by atoms with Crippen molar-refractivity contribution in [2.24, 2.45) is 5.92 Å². The first kappa shape index (κ1) is 42.9. The van der Waals surface area contributed by atoms with Crippen LogP contribution in [-0.4, -0.2) is 135 Å². The predicted octanol–water partition coefficient (Wildman–Crippen LogP) is 0.778. The van der Waals surface area contributed by atoms with Gasteiger partial charge in [-0.1, -0.05) is 24.6 Å². The van der Waals surface area contributed by atoms with Crippen LogP contribution in [0, 0.1) is 24.5 Å². The number of aryl methyl sites for hydroxylation is 1. The number of fused-ring (bicyclic) bond motifs is 2. The fourth-order valence-electron chi connectivity index (χ4n) is 7.45. The van der Waals surface area contributed by atoms with E-state index < -0.39 is 108 Å². The number of aliphatic hydroxyl groups is 2. The molecule has 0 bridgehead atoms. The molecule has 0 saturated carbocycles. The average Bonchev–Trinajstić information content (AvgIpc) is 3.74. The van der Waals surface area contributed by atoms with Gasteiger partial charge in [-0.05, 0) is 69.9 Å². The lowest BCUT2D eigenvalue weighted by Gasteiger charge is -2.37. The topological polar surface area (TPSA) is 210 Å². The summed E-state index contributed by atoms with van der Waals surface area (Å²) in [5, 5.41) is 32.2. The van der Waals surface area contributed by atoms with Crippen LogP contribution in [0.3, 0.4) is 0 Å². The molecule has 18 heteroatoms. The number of rotatable bonds is 6. The number of hydrogen-bond donors (Lipinski definition) is 6. The van der Waals surface area contributed by atoms with Crippen LogP contribution >= 0.6 is 0 Å². The Morgan fingerprint density at radius 1 is 0.895 bits per heavy atom. The minimum atomic E-state index is -1.74. The van der Waals surface area contributed by atoms with E-state index in [2.05, 4.69) is 21.3 Å². The molecular formula is C39H51F2N7O9. The summed E-state index contributed by atoms with van der Waals surface area (Å²) in [6, 6.07) is 0.871. The lowest BCUT2D eigenvalue weighted by molar-refractivity contribution is -0.163. The highest BCUT2D eigenvalue weighted by molar-refractivity contribution is 5.97. The van der Waals surface area contributed by atoms with Crippen LogP contribution in [0.1, 0.15) is 51.7 Å². The van der Waals surface area contributed by atoms with E-state index in [0.29, 0.717) is 11.8 Å². The third kappa shape index (κ3) is 10.2. The molecule has 16 nitrogen and oxygen atoms in total. The Bertz CT molecular complexity index is 1830. The van der Waals surface area contributed by atoms with Gasteiger partial charge in [-0.25, -0.2) is 18.4 Å². The maximum Gasteiger partial charge on any atom is 0.329 e. The van der Waals surface area contributed by atoms with E-state index in [1.54, 1.807) is 24.3 Å². The summed E-state index contributed by atoms with van der Waals surface area (Å²) >= 11 is 0. The molecule has 0 spiro atoms. The number of carbonyl (C=O) groups excluding carboxylic acids is 6. The van der Waals surface area contributed by atoms with Crippen LogP contribution in [0.25, 0.3) is 0 Å². The number of anilines is 1. The van der Waals surface area contributed by atoms with E-state index >= 15 is 0 Å². The number of urea groups is 1. The Kier molecular flexibility index (Phi) is 13.5. The molecule has 310 valence electrons. The van der Waals surface area contributed by atoms with Crippen molar-refractivity contribution in [1.29, 1.82) is 0 Å². The van der Waals surface area contributed by atoms with E-state index in [4.69, 9.17) is 4.74 Å². The molecule has 57 heavy (non-hydrogen) atoms. The molecule has 2 aromatic carbocycles. The minimum absolute atomic E-state index is 0.0106. The zero-order valence-corrected chi connectivity index (χ0v) is 32.7. The standard InChI is InChI=1S/C39H51F2N7O9/c1-19-7-9-27(10-8-19)43-39(56)44-29(14-24-12-25(40)15-26(41)13-24)34(51)45-32-23(5)57-38(55)31-11-20(2)17-47(31)35(52)21(3)42-33(50)22(4)46(6)36(53)30-16-28(49)18-48(30)37(32)54/h7-10,12-13,15,20-23,28-33,42,49-50H,11,14,16-18H2,1-6H3,(H,45,51)(H2,43,44,56)/t20-,21-,22-,23-,28+,29-,30?,31?,32-,33?/m0/s1. The molecule has 5 rings (SSSR count). The summed E-state index contributed by atoms with van der Waals surface area (Å²) in [5.74, 6) is -5.99. The minimum Gasteiger partial charge on any atom is -0.458 e. The Morgan fingerprint density at radius 2 is 1.53 bits per heavy atom. The van der Waals surface area contributed by atoms with Gasteiger partial charge in [-0.2, -0.15) is 0 Å². The smallest absolute Gasteiger partial charge is 0.329 e. The van der Waals surface area contributed by atoms with Crippen molar-refractivity contribution >= 4 is 41.3 Å². The number of hydrogen-bond acceptors (Lipinski definition) is 10. The number of amides is 6. The van der Waals surface area contributed by atoms with Gasteiger partial charge in [0.25, 0.3) is 0 Å². The van der Waals surface area contributed by atoms with Gasteiger partial charge in [0, 0.05) is 44.7 Å². The summed E-state index contributed by atoms with van der Waals surface area (Å²) < 4.78 is 34.4. The van der Waals surface area contributed by atoms with Gasteiger partial charge < -0.3 is 45.6 Å². The van der Waals surface area contributed by atoms with Gasteiger partial charge in [0.1, 0.15) is 48.1 Å². The fourth-order valence-corrected chi connectivity index (χ4v) is 7.45. The Morgan fingerprint density at radius 3 is 2.18 bits per heavy atom. The molecular weight excluding hydrogens is 748 g/mol. The van der Waals surface area contributed by atoms with Crippen LogP contribution in [0.2, 0.25) is 0 Å². The molecule has 3 saturated heterocycles. The van der Waals surface area contributed by atoms with Gasteiger partial charge in [-0.15, -0.1) is 0 Å². The molecule has 10 atom stereocenters. The molecule has 3 fully saturated rings. The van der Waals surface area contributed by atoms with Crippen LogP contribution in [0.5, 0.6) is 0 Å². The Balaban J connectivity index is 1.51. The third-order valence-corrected chi connectivity index (χ3v) is 10.7. The van der Waals surface area contributed by atoms with Crippen molar-refractivity contribution in [2.45, 2.75) is 109 Å². The van der Waals surface area contributed by atoms with Crippen LogP contribution in [0.4, 0.5) is 19.3 Å². The molecule has 0 aromatic heterocycles. The van der Waals surface area contributed by atoms with E-state index in [1.807, 2.05) is 13.8 Å². The van der Waals surface area contributed by atoms with Crippen molar-refractivity contribution in [3.05, 3.63) is 65.2 Å². The lowest BCUT2D eigenvalue weighted by atomic mass is 10.0. The van der Waals surface area contributed by atoms with Gasteiger partial charge in [-0.3, -0.25) is 24.5 Å². The highest BCUT2D eigenvalue weighted by Crippen LogP contribution is 2.27. The van der Waals surface area contributed by atoms with Crippen molar-refractivity contribution in [1.82, 2.24) is 30.7 Å². The van der Waals surface area contributed by atoms with Gasteiger partial charge in [0.15, 0.2) is 0 Å². The zero-order chi connectivity index (χ0) is 41.9. The second kappa shape index (κ2) is 17.9. The molecule has 3 unspecified atom stereocenters. The largest absolute Gasteiger partial charge is 0.458 e. The third-order valence-electron chi connectivity index (χ3n) is 10.7. The molecule has 3 aliphatic rings. The number of benzene rings is 2. The van der Waals surface area contributed by atoms with Gasteiger partial charge in [0.05, 0.1) is 18.2 Å². The average molecular weight is 800 g/mol. The van der Waals surface area contributed by atoms with E-state index in [-0.39, 0.29) is 37.4 Å². The number of carbonyl (C=O) groups is 6. The Hall–Kier alpha value is -5.20. The summed E-state index contributed by atoms with van der Waals surface area (Å²) in [4.78, 5) is 87.0. The first-order chi connectivity index (χ1) is 26.8. The van der Waals surface area contributed by atoms with E-state index in [1.165, 1.54) is 37.6 Å². The quantitative estimate of drug-likeness (QED) is 0.226. The second-order valence-electron chi connectivity index (χ2n) is 15.4. The SMILES string of the molecule is Cc1ccc(NC(=O)N[C@@H](Cc2cc(F)cc(F)c2)C(=O)N[C@@H]2C(=O)N3C[C@H](O)CC3C(=O)N(C)[C@@H](C)C(O)N[C@@H](C)C(=O)N3C[C@@H](C)CC3C(=O)O[C@H]2C)cc1. The van der Waals surface area contributed by atoms with E-state index in [0.717, 1.165) is 22.6 Å². The highest BCUT2D eigenvalue weighted by Gasteiger charge is 2.47. The Labute approximate surface area is 329 Å². The van der Waals surface area contributed by atoms with Gasteiger partial charge >= 0.3 is 12.0 Å². The van der Waals surface area contributed by atoms with Crippen LogP contribution in [0.15, 0.2) is 42.5 Å². The van der Waals surface area contributed by atoms with Crippen molar-refractivity contribution in [3.63, 3.8) is 0 Å². The number of aliphatic hydroxyl groups excluding tert-OH is 2. The summed E-state index contributed by atoms with van der Waals surface area (Å²) in [6.07, 6.45) is -4.46. The molecule has 3 aliphatic heterocycles. The molecule has 6 amide bonds.